The quantitative estimate of drug-likeness (QED) is 0.790. The van der Waals surface area contributed by atoms with Gasteiger partial charge >= 0.3 is 0 Å². The highest BCUT2D eigenvalue weighted by Gasteiger charge is 2.26. The molecule has 0 heterocycles. The molecule has 0 aliphatic heterocycles. The van der Waals surface area contributed by atoms with E-state index >= 15 is 0 Å². The topological polar surface area (TPSA) is 35.2 Å². The van der Waals surface area contributed by atoms with Crippen LogP contribution in [0.2, 0.25) is 0 Å². The van der Waals surface area contributed by atoms with Gasteiger partial charge in [-0.3, -0.25) is 0 Å². The van der Waals surface area contributed by atoms with Crippen molar-refractivity contribution in [2.75, 3.05) is 6.61 Å². The summed E-state index contributed by atoms with van der Waals surface area (Å²) < 4.78 is 5.87. The summed E-state index contributed by atoms with van der Waals surface area (Å²) in [5.74, 6) is 0. The summed E-state index contributed by atoms with van der Waals surface area (Å²) >= 11 is 0. The second-order valence-corrected chi connectivity index (χ2v) is 4.53. The van der Waals surface area contributed by atoms with Crippen molar-refractivity contribution < 1.29 is 4.74 Å². The Hall–Kier alpha value is -0.860. The maximum Gasteiger partial charge on any atom is 0.0770 e. The molecule has 2 atom stereocenters. The molecule has 2 rings (SSSR count). The zero-order valence-corrected chi connectivity index (χ0v) is 9.99. The van der Waals surface area contributed by atoms with Gasteiger partial charge in [0.05, 0.1) is 12.1 Å². The Kier molecular flexibility index (Phi) is 3.97. The first-order chi connectivity index (χ1) is 7.83. The summed E-state index contributed by atoms with van der Waals surface area (Å²) in [4.78, 5) is 0. The highest BCUT2D eigenvalue weighted by molar-refractivity contribution is 5.33. The van der Waals surface area contributed by atoms with Gasteiger partial charge in [0.25, 0.3) is 0 Å². The second kappa shape index (κ2) is 5.46. The van der Waals surface area contributed by atoms with Crippen LogP contribution in [0.5, 0.6) is 0 Å². The van der Waals surface area contributed by atoms with Crippen molar-refractivity contribution in [3.05, 3.63) is 35.4 Å². The van der Waals surface area contributed by atoms with E-state index in [2.05, 4.69) is 31.2 Å². The third-order valence-electron chi connectivity index (χ3n) is 3.34. The number of hydrogen-bond donors (Lipinski definition) is 1. The number of unbranched alkanes of at least 4 members (excludes halogenated alkanes) is 1. The van der Waals surface area contributed by atoms with Gasteiger partial charge in [-0.1, -0.05) is 37.6 Å². The predicted octanol–water partition coefficient (Wildman–Crippen LogP) is 2.82. The van der Waals surface area contributed by atoms with Gasteiger partial charge in [0, 0.05) is 6.61 Å². The zero-order chi connectivity index (χ0) is 11.4. The van der Waals surface area contributed by atoms with E-state index in [1.807, 2.05) is 0 Å². The molecule has 1 aliphatic carbocycles. The molecule has 88 valence electrons. The highest BCUT2D eigenvalue weighted by Crippen LogP contribution is 2.29. The molecule has 2 nitrogen and oxygen atoms in total. The van der Waals surface area contributed by atoms with Gasteiger partial charge in [-0.05, 0) is 30.4 Å². The van der Waals surface area contributed by atoms with Crippen LogP contribution in [0.4, 0.5) is 0 Å². The Morgan fingerprint density at radius 3 is 3.00 bits per heavy atom. The largest absolute Gasteiger partial charge is 0.376 e. The van der Waals surface area contributed by atoms with Crippen LogP contribution >= 0.6 is 0 Å². The summed E-state index contributed by atoms with van der Waals surface area (Å²) in [6, 6.07) is 8.52. The molecular formula is C14H21NO. The first-order valence-electron chi connectivity index (χ1n) is 6.28. The summed E-state index contributed by atoms with van der Waals surface area (Å²) in [5.41, 5.74) is 8.92. The van der Waals surface area contributed by atoms with Crippen LogP contribution in [0.25, 0.3) is 0 Å². The van der Waals surface area contributed by atoms with E-state index in [4.69, 9.17) is 10.5 Å². The lowest BCUT2D eigenvalue weighted by Gasteiger charge is -2.31. The third kappa shape index (κ3) is 2.45. The first kappa shape index (κ1) is 11.6. The highest BCUT2D eigenvalue weighted by atomic mass is 16.5. The molecule has 0 saturated heterocycles. The van der Waals surface area contributed by atoms with Crippen molar-refractivity contribution in [3.63, 3.8) is 0 Å². The van der Waals surface area contributed by atoms with Crippen LogP contribution < -0.4 is 5.73 Å². The van der Waals surface area contributed by atoms with Crippen LogP contribution in [0.15, 0.2) is 24.3 Å². The molecule has 2 N–H and O–H groups in total. The molecule has 0 bridgehead atoms. The third-order valence-corrected chi connectivity index (χ3v) is 3.34. The van der Waals surface area contributed by atoms with Gasteiger partial charge in [0.2, 0.25) is 0 Å². The summed E-state index contributed by atoms with van der Waals surface area (Å²) in [7, 11) is 0. The van der Waals surface area contributed by atoms with Gasteiger partial charge in [0.1, 0.15) is 0 Å². The van der Waals surface area contributed by atoms with Crippen molar-refractivity contribution >= 4 is 0 Å². The first-order valence-corrected chi connectivity index (χ1v) is 6.28. The molecule has 0 spiro atoms. The molecule has 2 unspecified atom stereocenters. The van der Waals surface area contributed by atoms with E-state index in [1.54, 1.807) is 0 Å². The van der Waals surface area contributed by atoms with E-state index in [0.29, 0.717) is 0 Å². The lowest BCUT2D eigenvalue weighted by Crippen LogP contribution is -2.34. The Bertz CT molecular complexity index is 337. The maximum atomic E-state index is 6.25. The predicted molar refractivity (Wildman–Crippen MR) is 66.3 cm³/mol. The van der Waals surface area contributed by atoms with Crippen molar-refractivity contribution in [3.8, 4) is 0 Å². The Labute approximate surface area is 97.8 Å². The van der Waals surface area contributed by atoms with E-state index in [0.717, 1.165) is 25.9 Å². The van der Waals surface area contributed by atoms with Gasteiger partial charge in [-0.25, -0.2) is 0 Å². The van der Waals surface area contributed by atoms with Gasteiger partial charge in [-0.2, -0.15) is 0 Å². The molecule has 0 radical (unpaired) electrons. The maximum absolute atomic E-state index is 6.25. The van der Waals surface area contributed by atoms with Crippen LogP contribution in [-0.4, -0.2) is 12.7 Å². The number of aryl methyl sites for hydroxylation is 1. The second-order valence-electron chi connectivity index (χ2n) is 4.53. The number of hydrogen-bond acceptors (Lipinski definition) is 2. The van der Waals surface area contributed by atoms with Crippen molar-refractivity contribution in [1.82, 2.24) is 0 Å². The molecule has 1 aliphatic rings. The standard InChI is InChI=1S/C14H21NO/c1-2-3-10-16-13-9-8-11-6-4-5-7-12(11)14(13)15/h4-7,13-14H,2-3,8-10,15H2,1H3. The van der Waals surface area contributed by atoms with Gasteiger partial charge in [0.15, 0.2) is 0 Å². The average Bonchev–Trinajstić information content (AvgIpc) is 2.33. The summed E-state index contributed by atoms with van der Waals surface area (Å²) in [5, 5.41) is 0. The lowest BCUT2D eigenvalue weighted by molar-refractivity contribution is 0.0236. The van der Waals surface area contributed by atoms with Crippen LogP contribution in [-0.2, 0) is 11.2 Å². The Balaban J connectivity index is 2.00. The van der Waals surface area contributed by atoms with Crippen molar-refractivity contribution in [1.29, 1.82) is 0 Å². The number of nitrogens with two attached hydrogens (primary N) is 1. The lowest BCUT2D eigenvalue weighted by atomic mass is 9.86. The SMILES string of the molecule is CCCCOC1CCc2ccccc2C1N. The van der Waals surface area contributed by atoms with Crippen LogP contribution in [0, 0.1) is 0 Å². The number of rotatable bonds is 4. The van der Waals surface area contributed by atoms with Crippen LogP contribution in [0.3, 0.4) is 0 Å². The number of ether oxygens (including phenoxy) is 1. The normalized spacial score (nSPS) is 24.1. The molecule has 0 fully saturated rings. The van der Waals surface area contributed by atoms with Gasteiger partial charge in [-0.15, -0.1) is 0 Å². The minimum absolute atomic E-state index is 0.0572. The summed E-state index contributed by atoms with van der Waals surface area (Å²) in [6.45, 7) is 3.02. The molecule has 0 saturated carbocycles. The molecule has 16 heavy (non-hydrogen) atoms. The molecule has 2 heteroatoms. The smallest absolute Gasteiger partial charge is 0.0770 e. The fraction of sp³-hybridized carbons (Fsp3) is 0.571. The summed E-state index contributed by atoms with van der Waals surface area (Å²) in [6.07, 6.45) is 4.67. The Morgan fingerprint density at radius 1 is 1.38 bits per heavy atom. The molecule has 1 aromatic rings. The van der Waals surface area contributed by atoms with E-state index in [-0.39, 0.29) is 12.1 Å². The molecule has 0 amide bonds. The van der Waals surface area contributed by atoms with E-state index < -0.39 is 0 Å². The average molecular weight is 219 g/mol. The Morgan fingerprint density at radius 2 is 2.19 bits per heavy atom. The van der Waals surface area contributed by atoms with Crippen molar-refractivity contribution in [2.45, 2.75) is 44.8 Å². The van der Waals surface area contributed by atoms with Crippen molar-refractivity contribution in [2.24, 2.45) is 5.73 Å². The minimum atomic E-state index is 0.0572. The van der Waals surface area contributed by atoms with E-state index in [1.165, 1.54) is 17.5 Å². The van der Waals surface area contributed by atoms with Gasteiger partial charge < -0.3 is 10.5 Å². The molecular weight excluding hydrogens is 198 g/mol. The number of fused-ring (bicyclic) bond motifs is 1. The zero-order valence-electron chi connectivity index (χ0n) is 9.99. The van der Waals surface area contributed by atoms with Crippen LogP contribution in [0.1, 0.15) is 43.4 Å². The monoisotopic (exact) mass is 219 g/mol. The fourth-order valence-electron chi connectivity index (χ4n) is 2.33. The van der Waals surface area contributed by atoms with E-state index in [9.17, 15) is 0 Å². The minimum Gasteiger partial charge on any atom is -0.376 e. The molecule has 1 aromatic carbocycles. The fourth-order valence-corrected chi connectivity index (χ4v) is 2.33. The number of benzene rings is 1. The molecule has 0 aromatic heterocycles.